The highest BCUT2D eigenvalue weighted by atomic mass is 32.2. The van der Waals surface area contributed by atoms with Crippen molar-refractivity contribution in [2.45, 2.75) is 37.5 Å². The van der Waals surface area contributed by atoms with Crippen LogP contribution in [0.4, 0.5) is 0 Å². The summed E-state index contributed by atoms with van der Waals surface area (Å²) < 4.78 is 26.1. The predicted molar refractivity (Wildman–Crippen MR) is 94.5 cm³/mol. The van der Waals surface area contributed by atoms with Crippen molar-refractivity contribution < 1.29 is 13.2 Å². The molecule has 1 aliphatic rings. The van der Waals surface area contributed by atoms with E-state index in [1.54, 1.807) is 19.1 Å². The number of benzene rings is 1. The van der Waals surface area contributed by atoms with Crippen LogP contribution >= 0.6 is 0 Å². The zero-order chi connectivity index (χ0) is 17.4. The Balaban J connectivity index is 1.78. The van der Waals surface area contributed by atoms with Gasteiger partial charge in [0.1, 0.15) is 0 Å². The molecule has 0 bridgehead atoms. The minimum atomic E-state index is -3.47. The van der Waals surface area contributed by atoms with Crippen LogP contribution in [0, 0.1) is 0 Å². The fourth-order valence-electron chi connectivity index (χ4n) is 2.85. The highest BCUT2D eigenvalue weighted by molar-refractivity contribution is 7.89. The van der Waals surface area contributed by atoms with Crippen molar-refractivity contribution >= 4 is 15.9 Å². The van der Waals surface area contributed by atoms with Gasteiger partial charge in [-0.25, -0.2) is 13.1 Å². The second-order valence-electron chi connectivity index (χ2n) is 6.04. The van der Waals surface area contributed by atoms with Crippen molar-refractivity contribution in [1.82, 2.24) is 14.9 Å². The molecule has 2 N–H and O–H groups in total. The van der Waals surface area contributed by atoms with Crippen LogP contribution in [0.25, 0.3) is 0 Å². The van der Waals surface area contributed by atoms with Crippen molar-refractivity contribution in [2.75, 3.05) is 32.7 Å². The van der Waals surface area contributed by atoms with Crippen LogP contribution in [0.5, 0.6) is 0 Å². The van der Waals surface area contributed by atoms with E-state index in [0.717, 1.165) is 26.1 Å². The molecule has 1 aromatic rings. The summed E-state index contributed by atoms with van der Waals surface area (Å²) in [5.41, 5.74) is 0.475. The Bertz CT molecular complexity index is 623. The van der Waals surface area contributed by atoms with E-state index in [9.17, 15) is 13.2 Å². The van der Waals surface area contributed by atoms with Gasteiger partial charge in [0, 0.05) is 18.7 Å². The molecule has 0 unspecified atom stereocenters. The van der Waals surface area contributed by atoms with Gasteiger partial charge in [-0.1, -0.05) is 13.3 Å². The summed E-state index contributed by atoms with van der Waals surface area (Å²) in [6.45, 7) is 6.03. The van der Waals surface area contributed by atoms with Gasteiger partial charge in [0.05, 0.1) is 4.90 Å². The Morgan fingerprint density at radius 2 is 1.79 bits per heavy atom. The van der Waals surface area contributed by atoms with Gasteiger partial charge in [-0.05, 0) is 63.2 Å². The first-order valence-electron chi connectivity index (χ1n) is 8.63. The van der Waals surface area contributed by atoms with E-state index in [1.807, 2.05) is 0 Å². The van der Waals surface area contributed by atoms with Gasteiger partial charge in [-0.3, -0.25) is 4.79 Å². The van der Waals surface area contributed by atoms with Crippen LogP contribution in [-0.2, 0) is 10.0 Å². The third-order valence-electron chi connectivity index (χ3n) is 4.15. The third kappa shape index (κ3) is 5.58. The summed E-state index contributed by atoms with van der Waals surface area (Å²) in [6.07, 6.45) is 4.80. The van der Waals surface area contributed by atoms with E-state index >= 15 is 0 Å². The van der Waals surface area contributed by atoms with Crippen LogP contribution in [0.3, 0.4) is 0 Å². The highest BCUT2D eigenvalue weighted by Gasteiger charge is 2.14. The second kappa shape index (κ2) is 9.15. The Morgan fingerprint density at radius 3 is 2.42 bits per heavy atom. The van der Waals surface area contributed by atoms with Gasteiger partial charge < -0.3 is 10.2 Å². The van der Waals surface area contributed by atoms with Crippen molar-refractivity contribution in [3.63, 3.8) is 0 Å². The van der Waals surface area contributed by atoms with Gasteiger partial charge in [-0.15, -0.1) is 0 Å². The Hall–Kier alpha value is -1.44. The molecule has 1 amide bonds. The molecule has 0 radical (unpaired) electrons. The Labute approximate surface area is 144 Å². The molecule has 0 spiro atoms. The SMILES string of the molecule is CCNS(=O)(=O)c1ccc(C(=O)NCCCN2CCCCC2)cc1. The third-order valence-corrected chi connectivity index (χ3v) is 5.71. The molecule has 7 heteroatoms. The summed E-state index contributed by atoms with van der Waals surface area (Å²) >= 11 is 0. The number of nitrogens with zero attached hydrogens (tertiary/aromatic N) is 1. The van der Waals surface area contributed by atoms with Crippen LogP contribution in [0.1, 0.15) is 43.0 Å². The summed E-state index contributed by atoms with van der Waals surface area (Å²) in [5, 5.41) is 2.89. The smallest absolute Gasteiger partial charge is 0.251 e. The summed E-state index contributed by atoms with van der Waals surface area (Å²) in [5.74, 6) is -0.166. The zero-order valence-corrected chi connectivity index (χ0v) is 15.1. The van der Waals surface area contributed by atoms with Gasteiger partial charge in [-0.2, -0.15) is 0 Å². The lowest BCUT2D eigenvalue weighted by Gasteiger charge is -2.26. The van der Waals surface area contributed by atoms with E-state index in [4.69, 9.17) is 0 Å². The first kappa shape index (κ1) is 18.9. The molecule has 0 atom stereocenters. The molecule has 134 valence electrons. The van der Waals surface area contributed by atoms with Crippen LogP contribution in [-0.4, -0.2) is 51.9 Å². The monoisotopic (exact) mass is 353 g/mol. The largest absolute Gasteiger partial charge is 0.352 e. The minimum absolute atomic E-state index is 0.166. The molecule has 2 rings (SSSR count). The van der Waals surface area contributed by atoms with Crippen LogP contribution in [0.15, 0.2) is 29.2 Å². The standard InChI is InChI=1S/C17H27N3O3S/c1-2-19-24(22,23)16-9-7-15(8-10-16)17(21)18-11-6-14-20-12-4-3-5-13-20/h7-10,19H,2-6,11-14H2,1H3,(H,18,21). The number of hydrogen-bond donors (Lipinski definition) is 2. The molecule has 0 aromatic heterocycles. The predicted octanol–water partition coefficient (Wildman–Crippen LogP) is 1.59. The number of likely N-dealkylation sites (tertiary alicyclic amines) is 1. The van der Waals surface area contributed by atoms with E-state index in [1.165, 1.54) is 31.4 Å². The lowest BCUT2D eigenvalue weighted by Crippen LogP contribution is -2.33. The Kier molecular flexibility index (Phi) is 7.20. The van der Waals surface area contributed by atoms with Crippen molar-refractivity contribution in [3.05, 3.63) is 29.8 Å². The number of carbonyl (C=O) groups is 1. The van der Waals surface area contributed by atoms with Gasteiger partial charge in [0.25, 0.3) is 5.91 Å². The quantitative estimate of drug-likeness (QED) is 0.696. The first-order chi connectivity index (χ1) is 11.5. The van der Waals surface area contributed by atoms with E-state index in [2.05, 4.69) is 14.9 Å². The van der Waals surface area contributed by atoms with Gasteiger partial charge in [0.15, 0.2) is 0 Å². The number of piperidine rings is 1. The summed E-state index contributed by atoms with van der Waals surface area (Å²) in [7, 11) is -3.47. The molecule has 1 heterocycles. The molecule has 1 saturated heterocycles. The molecule has 0 saturated carbocycles. The number of carbonyl (C=O) groups excluding carboxylic acids is 1. The van der Waals surface area contributed by atoms with E-state index in [-0.39, 0.29) is 10.8 Å². The second-order valence-corrected chi connectivity index (χ2v) is 7.80. The van der Waals surface area contributed by atoms with Crippen LogP contribution < -0.4 is 10.0 Å². The average molecular weight is 353 g/mol. The zero-order valence-electron chi connectivity index (χ0n) is 14.3. The van der Waals surface area contributed by atoms with E-state index in [0.29, 0.717) is 18.7 Å². The molecule has 1 aromatic carbocycles. The number of sulfonamides is 1. The maximum absolute atomic E-state index is 12.1. The first-order valence-corrected chi connectivity index (χ1v) is 10.1. The maximum atomic E-state index is 12.1. The molecule has 24 heavy (non-hydrogen) atoms. The van der Waals surface area contributed by atoms with Crippen LogP contribution in [0.2, 0.25) is 0 Å². The Morgan fingerprint density at radius 1 is 1.12 bits per heavy atom. The highest BCUT2D eigenvalue weighted by Crippen LogP contribution is 2.11. The van der Waals surface area contributed by atoms with Gasteiger partial charge >= 0.3 is 0 Å². The average Bonchev–Trinajstić information content (AvgIpc) is 2.59. The summed E-state index contributed by atoms with van der Waals surface area (Å²) in [6, 6.07) is 6.01. The number of nitrogens with one attached hydrogen (secondary N) is 2. The lowest BCUT2D eigenvalue weighted by molar-refractivity contribution is 0.0951. The number of amides is 1. The lowest BCUT2D eigenvalue weighted by atomic mass is 10.1. The van der Waals surface area contributed by atoms with Crippen molar-refractivity contribution in [3.8, 4) is 0 Å². The maximum Gasteiger partial charge on any atom is 0.251 e. The van der Waals surface area contributed by atoms with Gasteiger partial charge in [0.2, 0.25) is 10.0 Å². The molecule has 1 aliphatic heterocycles. The van der Waals surface area contributed by atoms with E-state index < -0.39 is 10.0 Å². The normalized spacial score (nSPS) is 16.0. The number of hydrogen-bond acceptors (Lipinski definition) is 4. The summed E-state index contributed by atoms with van der Waals surface area (Å²) in [4.78, 5) is 14.7. The topological polar surface area (TPSA) is 78.5 Å². The molecule has 1 fully saturated rings. The fourth-order valence-corrected chi connectivity index (χ4v) is 3.89. The number of rotatable bonds is 8. The molecule has 6 nitrogen and oxygen atoms in total. The van der Waals surface area contributed by atoms with Crippen molar-refractivity contribution in [1.29, 1.82) is 0 Å². The molecule has 0 aliphatic carbocycles. The van der Waals surface area contributed by atoms with Crippen molar-refractivity contribution in [2.24, 2.45) is 0 Å². The minimum Gasteiger partial charge on any atom is -0.352 e. The fraction of sp³-hybridized carbons (Fsp3) is 0.588. The molecular weight excluding hydrogens is 326 g/mol. The molecular formula is C17H27N3O3S.